The second-order valence-electron chi connectivity index (χ2n) is 13.3. The van der Waals surface area contributed by atoms with Crippen LogP contribution >= 0.6 is 17.2 Å². The molecule has 2 N–H and O–H groups in total. The van der Waals surface area contributed by atoms with Gasteiger partial charge in [-0.1, -0.05) is 88.4 Å². The third kappa shape index (κ3) is 5.30. The summed E-state index contributed by atoms with van der Waals surface area (Å²) in [6, 6.07) is 7.50. The second-order valence-corrected chi connectivity index (χ2v) is 16.8. The van der Waals surface area contributed by atoms with E-state index in [2.05, 4.69) is 100 Å². The number of rotatable bonds is 5. The van der Waals surface area contributed by atoms with Crippen molar-refractivity contribution >= 4 is 17.2 Å². The molecule has 2 saturated heterocycles. The lowest BCUT2D eigenvalue weighted by molar-refractivity contribution is 0.139. The summed E-state index contributed by atoms with van der Waals surface area (Å²) in [5, 5.41) is 7.80. The maximum absolute atomic E-state index is 3.90. The van der Waals surface area contributed by atoms with Crippen LogP contribution in [0, 0.1) is 10.8 Å². The van der Waals surface area contributed by atoms with E-state index in [9.17, 15) is 0 Å². The van der Waals surface area contributed by atoms with Gasteiger partial charge in [0.25, 0.3) is 0 Å². The maximum atomic E-state index is 3.90. The first-order chi connectivity index (χ1) is 14.7. The summed E-state index contributed by atoms with van der Waals surface area (Å²) in [6.45, 7) is 24.0. The highest BCUT2D eigenvalue weighted by Crippen LogP contribution is 2.61. The quantitative estimate of drug-likeness (QED) is 0.429. The SMILES string of the molecule is CC(C)(C)c1ccc(C(P)(C(C)(C)C)C(C)(C)C)c(CP(C2CCCN2)C2CCCN2)c1. The van der Waals surface area contributed by atoms with Crippen LogP contribution in [-0.2, 0) is 16.7 Å². The molecule has 1 aromatic carbocycles. The number of nitrogens with one attached hydrogen (secondary N) is 2. The van der Waals surface area contributed by atoms with E-state index >= 15 is 0 Å². The second kappa shape index (κ2) is 9.57. The van der Waals surface area contributed by atoms with Gasteiger partial charge in [0.2, 0.25) is 0 Å². The zero-order valence-corrected chi connectivity index (χ0v) is 24.4. The molecular weight excluding hydrogens is 426 g/mol. The lowest BCUT2D eigenvalue weighted by Crippen LogP contribution is -2.46. The molecule has 0 bridgehead atoms. The summed E-state index contributed by atoms with van der Waals surface area (Å²) in [5.41, 5.74) is 5.06. The van der Waals surface area contributed by atoms with Crippen LogP contribution < -0.4 is 10.6 Å². The van der Waals surface area contributed by atoms with Gasteiger partial charge in [0.05, 0.1) is 0 Å². The van der Waals surface area contributed by atoms with E-state index in [4.69, 9.17) is 0 Å². The van der Waals surface area contributed by atoms with Gasteiger partial charge in [-0.05, 0) is 77.9 Å². The van der Waals surface area contributed by atoms with E-state index in [1.165, 1.54) is 50.5 Å². The van der Waals surface area contributed by atoms with E-state index in [1.54, 1.807) is 11.1 Å². The Bertz CT molecular complexity index is 740. The van der Waals surface area contributed by atoms with Crippen LogP contribution in [0.4, 0.5) is 0 Å². The van der Waals surface area contributed by atoms with Gasteiger partial charge >= 0.3 is 0 Å². The summed E-state index contributed by atoms with van der Waals surface area (Å²) in [6.07, 6.45) is 6.60. The molecule has 182 valence electrons. The molecule has 2 fully saturated rings. The van der Waals surface area contributed by atoms with Crippen molar-refractivity contribution in [1.29, 1.82) is 0 Å². The van der Waals surface area contributed by atoms with Gasteiger partial charge in [0, 0.05) is 16.7 Å². The fraction of sp³-hybridized carbons (Fsp3) is 0.786. The Morgan fingerprint density at radius 1 is 0.844 bits per heavy atom. The first kappa shape index (κ1) is 26.6. The van der Waals surface area contributed by atoms with Gasteiger partial charge in [-0.25, -0.2) is 0 Å². The van der Waals surface area contributed by atoms with E-state index in [1.807, 2.05) is 0 Å². The number of benzene rings is 1. The highest BCUT2D eigenvalue weighted by molar-refractivity contribution is 7.58. The minimum Gasteiger partial charge on any atom is -0.310 e. The molecule has 0 saturated carbocycles. The highest BCUT2D eigenvalue weighted by Gasteiger charge is 2.49. The van der Waals surface area contributed by atoms with Gasteiger partial charge in [0.1, 0.15) is 0 Å². The third-order valence-electron chi connectivity index (χ3n) is 7.98. The van der Waals surface area contributed by atoms with Crippen molar-refractivity contribution in [2.45, 2.75) is 116 Å². The van der Waals surface area contributed by atoms with Crippen LogP contribution in [0.5, 0.6) is 0 Å². The summed E-state index contributed by atoms with van der Waals surface area (Å²) in [5.74, 6) is 1.41. The predicted molar refractivity (Wildman–Crippen MR) is 148 cm³/mol. The van der Waals surface area contributed by atoms with Crippen LogP contribution in [0.1, 0.15) is 105 Å². The Morgan fingerprint density at radius 3 is 1.72 bits per heavy atom. The van der Waals surface area contributed by atoms with Crippen molar-refractivity contribution in [3.63, 3.8) is 0 Å². The molecule has 4 heteroatoms. The fourth-order valence-corrected chi connectivity index (χ4v) is 9.61. The van der Waals surface area contributed by atoms with Gasteiger partial charge in [0.15, 0.2) is 0 Å². The predicted octanol–water partition coefficient (Wildman–Crippen LogP) is 7.55. The molecule has 0 radical (unpaired) electrons. The molecule has 3 rings (SSSR count). The number of hydrogen-bond donors (Lipinski definition) is 2. The first-order valence-corrected chi connectivity index (χ1v) is 15.1. The first-order valence-electron chi connectivity index (χ1n) is 12.8. The third-order valence-corrected chi connectivity index (χ3v) is 13.2. The van der Waals surface area contributed by atoms with Crippen molar-refractivity contribution in [2.24, 2.45) is 10.8 Å². The Hall–Kier alpha value is -0.0000000000000000555. The zero-order chi connectivity index (χ0) is 23.9. The molecule has 2 heterocycles. The molecule has 0 amide bonds. The fourth-order valence-electron chi connectivity index (χ4n) is 6.04. The monoisotopic (exact) mass is 476 g/mol. The molecule has 0 aromatic heterocycles. The molecular formula is C28H50N2P2. The molecule has 2 aliphatic rings. The van der Waals surface area contributed by atoms with Crippen molar-refractivity contribution in [3.05, 3.63) is 34.9 Å². The average molecular weight is 477 g/mol. The maximum Gasteiger partial charge on any atom is 0.0286 e. The van der Waals surface area contributed by atoms with Crippen molar-refractivity contribution < 1.29 is 0 Å². The lowest BCUT2D eigenvalue weighted by Gasteiger charge is -2.53. The molecule has 1 aromatic rings. The zero-order valence-electron chi connectivity index (χ0n) is 22.4. The van der Waals surface area contributed by atoms with Crippen LogP contribution in [0.25, 0.3) is 0 Å². The summed E-state index contributed by atoms with van der Waals surface area (Å²) < 4.78 is 0. The molecule has 3 atom stereocenters. The Balaban J connectivity index is 2.14. The number of hydrogen-bond acceptors (Lipinski definition) is 2. The van der Waals surface area contributed by atoms with Crippen molar-refractivity contribution in [1.82, 2.24) is 10.6 Å². The van der Waals surface area contributed by atoms with E-state index in [0.29, 0.717) is 11.6 Å². The molecule has 32 heavy (non-hydrogen) atoms. The average Bonchev–Trinajstić information content (AvgIpc) is 3.36. The van der Waals surface area contributed by atoms with Crippen molar-refractivity contribution in [3.8, 4) is 0 Å². The Labute approximate surface area is 202 Å². The van der Waals surface area contributed by atoms with E-state index in [0.717, 1.165) is 0 Å². The van der Waals surface area contributed by atoms with Crippen LogP contribution in [0.3, 0.4) is 0 Å². The minimum atomic E-state index is -0.154. The molecule has 3 unspecified atom stereocenters. The van der Waals surface area contributed by atoms with Crippen LogP contribution in [0.2, 0.25) is 0 Å². The summed E-state index contributed by atoms with van der Waals surface area (Å²) >= 11 is 0. The summed E-state index contributed by atoms with van der Waals surface area (Å²) in [7, 11) is 3.21. The minimum absolute atomic E-state index is 0.00103. The van der Waals surface area contributed by atoms with Gasteiger partial charge in [-0.15, -0.1) is 9.24 Å². The largest absolute Gasteiger partial charge is 0.310 e. The highest BCUT2D eigenvalue weighted by atomic mass is 31.1. The lowest BCUT2D eigenvalue weighted by atomic mass is 9.61. The van der Waals surface area contributed by atoms with Crippen LogP contribution in [0.15, 0.2) is 18.2 Å². The Kier molecular flexibility index (Phi) is 7.95. The van der Waals surface area contributed by atoms with Gasteiger partial charge in [-0.3, -0.25) is 0 Å². The molecule has 0 spiro atoms. The van der Waals surface area contributed by atoms with Gasteiger partial charge < -0.3 is 10.6 Å². The van der Waals surface area contributed by atoms with Crippen molar-refractivity contribution in [2.75, 3.05) is 13.1 Å². The Morgan fingerprint density at radius 2 is 1.34 bits per heavy atom. The molecule has 0 aliphatic carbocycles. The normalized spacial score (nSPS) is 24.2. The van der Waals surface area contributed by atoms with Crippen LogP contribution in [-0.4, -0.2) is 24.7 Å². The van der Waals surface area contributed by atoms with Gasteiger partial charge in [-0.2, -0.15) is 0 Å². The summed E-state index contributed by atoms with van der Waals surface area (Å²) in [4.78, 5) is 0. The molecule has 2 aliphatic heterocycles. The standard InChI is InChI=1S/C28H50N2P2/c1-25(2,3)21-14-15-22(28(31,26(4,5)6)27(7,8)9)20(18-21)19-32(23-12-10-16-29-23)24-13-11-17-30-24/h14-15,18,23-24,29-30H,10-13,16-17,19,31H2,1-9H3. The molecule has 2 nitrogen and oxygen atoms in total. The smallest absolute Gasteiger partial charge is 0.0286 e. The topological polar surface area (TPSA) is 24.1 Å². The van der Waals surface area contributed by atoms with E-state index < -0.39 is 0 Å². The van der Waals surface area contributed by atoms with E-state index in [-0.39, 0.29) is 29.3 Å².